The number of ether oxygens (including phenoxy) is 2. The van der Waals surface area contributed by atoms with Crippen molar-refractivity contribution in [3.05, 3.63) is 18.2 Å². The van der Waals surface area contributed by atoms with E-state index in [1.165, 1.54) is 6.42 Å². The Bertz CT molecular complexity index is 549. The third-order valence-electron chi connectivity index (χ3n) is 3.45. The molecule has 5 heteroatoms. The van der Waals surface area contributed by atoms with E-state index < -0.39 is 0 Å². The van der Waals surface area contributed by atoms with Gasteiger partial charge in [-0.15, -0.1) is 0 Å². The molecule has 0 aliphatic carbocycles. The first kappa shape index (κ1) is 12.7. The van der Waals surface area contributed by atoms with Crippen LogP contribution >= 0.6 is 11.3 Å². The molecule has 1 aliphatic heterocycles. The molecule has 1 aromatic carbocycles. The van der Waals surface area contributed by atoms with E-state index in [2.05, 4.69) is 10.3 Å². The van der Waals surface area contributed by atoms with Crippen molar-refractivity contribution in [2.45, 2.75) is 12.8 Å². The van der Waals surface area contributed by atoms with Crippen LogP contribution < -0.4 is 10.1 Å². The van der Waals surface area contributed by atoms with Crippen molar-refractivity contribution >= 4 is 26.7 Å². The van der Waals surface area contributed by atoms with E-state index in [0.717, 1.165) is 47.3 Å². The van der Waals surface area contributed by atoms with Gasteiger partial charge in [0.25, 0.3) is 0 Å². The maximum absolute atomic E-state index is 5.38. The first-order valence-corrected chi connectivity index (χ1v) is 7.43. The number of thiazole rings is 1. The van der Waals surface area contributed by atoms with Crippen LogP contribution in [0.1, 0.15) is 12.8 Å². The maximum atomic E-state index is 5.38. The van der Waals surface area contributed by atoms with Gasteiger partial charge in [-0.05, 0) is 37.0 Å². The number of anilines is 1. The molecule has 2 aromatic rings. The highest BCUT2D eigenvalue weighted by molar-refractivity contribution is 7.22. The number of hydrogen-bond acceptors (Lipinski definition) is 5. The zero-order valence-electron chi connectivity index (χ0n) is 11.0. The Morgan fingerprint density at radius 1 is 1.53 bits per heavy atom. The van der Waals surface area contributed by atoms with E-state index in [9.17, 15) is 0 Å². The van der Waals surface area contributed by atoms with Crippen LogP contribution in [0.3, 0.4) is 0 Å². The predicted octanol–water partition coefficient (Wildman–Crippen LogP) is 3.14. The summed E-state index contributed by atoms with van der Waals surface area (Å²) in [5, 5.41) is 4.40. The fraction of sp³-hybridized carbons (Fsp3) is 0.500. The summed E-state index contributed by atoms with van der Waals surface area (Å²) in [5.74, 6) is 1.59. The number of nitrogens with zero attached hydrogens (tertiary/aromatic N) is 1. The largest absolute Gasteiger partial charge is 0.497 e. The molecule has 1 N–H and O–H groups in total. The van der Waals surface area contributed by atoms with Crippen molar-refractivity contribution < 1.29 is 9.47 Å². The lowest BCUT2D eigenvalue weighted by atomic mass is 10.1. The van der Waals surface area contributed by atoms with Crippen LogP contribution in [0.15, 0.2) is 18.2 Å². The topological polar surface area (TPSA) is 43.4 Å². The molecule has 0 bridgehead atoms. The lowest BCUT2D eigenvalue weighted by molar-refractivity contribution is 0.185. The molecule has 0 radical (unpaired) electrons. The highest BCUT2D eigenvalue weighted by Crippen LogP contribution is 2.29. The van der Waals surface area contributed by atoms with Gasteiger partial charge in [0.15, 0.2) is 5.13 Å². The van der Waals surface area contributed by atoms with Crippen molar-refractivity contribution in [3.8, 4) is 5.75 Å². The van der Waals surface area contributed by atoms with Gasteiger partial charge in [-0.25, -0.2) is 4.98 Å². The molecule has 3 rings (SSSR count). The summed E-state index contributed by atoms with van der Waals surface area (Å²) in [6, 6.07) is 5.98. The minimum atomic E-state index is 0.710. The summed E-state index contributed by atoms with van der Waals surface area (Å²) < 4.78 is 11.8. The number of benzene rings is 1. The van der Waals surface area contributed by atoms with Crippen LogP contribution in [0.5, 0.6) is 5.75 Å². The third-order valence-corrected chi connectivity index (χ3v) is 4.42. The number of hydrogen-bond donors (Lipinski definition) is 1. The lowest BCUT2D eigenvalue weighted by Crippen LogP contribution is -2.08. The molecule has 19 heavy (non-hydrogen) atoms. The zero-order chi connectivity index (χ0) is 13.1. The van der Waals surface area contributed by atoms with Crippen LogP contribution in [0.2, 0.25) is 0 Å². The maximum Gasteiger partial charge on any atom is 0.183 e. The number of nitrogens with one attached hydrogen (secondary N) is 1. The fourth-order valence-corrected chi connectivity index (χ4v) is 3.22. The molecule has 0 spiro atoms. The van der Waals surface area contributed by atoms with Gasteiger partial charge in [-0.2, -0.15) is 0 Å². The third kappa shape index (κ3) is 2.98. The molecule has 0 saturated carbocycles. The summed E-state index contributed by atoms with van der Waals surface area (Å²) >= 11 is 1.68. The lowest BCUT2D eigenvalue weighted by Gasteiger charge is -2.06. The second-order valence-corrected chi connectivity index (χ2v) is 5.83. The van der Waals surface area contributed by atoms with Gasteiger partial charge in [0.2, 0.25) is 0 Å². The summed E-state index contributed by atoms with van der Waals surface area (Å²) in [4.78, 5) is 4.57. The minimum absolute atomic E-state index is 0.710. The van der Waals surface area contributed by atoms with Gasteiger partial charge < -0.3 is 14.8 Å². The Labute approximate surface area is 116 Å². The van der Waals surface area contributed by atoms with Crippen LogP contribution in [0.4, 0.5) is 5.13 Å². The van der Waals surface area contributed by atoms with Gasteiger partial charge in [0.1, 0.15) is 5.75 Å². The Balaban J connectivity index is 1.61. The number of methoxy groups -OCH3 is 1. The molecule has 102 valence electrons. The molecule has 1 aliphatic rings. The van der Waals surface area contributed by atoms with Crippen molar-refractivity contribution in [1.82, 2.24) is 4.98 Å². The highest BCUT2D eigenvalue weighted by Gasteiger charge is 2.15. The SMILES string of the molecule is COc1ccc2nc(NCCC3CCOC3)sc2c1. The van der Waals surface area contributed by atoms with E-state index in [0.29, 0.717) is 5.92 Å². The van der Waals surface area contributed by atoms with Crippen molar-refractivity contribution in [2.24, 2.45) is 5.92 Å². The molecule has 1 saturated heterocycles. The number of aromatic nitrogens is 1. The van der Waals surface area contributed by atoms with E-state index in [1.807, 2.05) is 18.2 Å². The van der Waals surface area contributed by atoms with Crippen LogP contribution in [0.25, 0.3) is 10.2 Å². The molecule has 0 amide bonds. The van der Waals surface area contributed by atoms with Gasteiger partial charge in [-0.1, -0.05) is 11.3 Å². The van der Waals surface area contributed by atoms with Crippen LogP contribution in [-0.2, 0) is 4.74 Å². The monoisotopic (exact) mass is 278 g/mol. The summed E-state index contributed by atoms with van der Waals surface area (Å²) in [6.07, 6.45) is 2.35. The Hall–Kier alpha value is -1.33. The number of rotatable bonds is 5. The summed E-state index contributed by atoms with van der Waals surface area (Å²) in [7, 11) is 1.69. The minimum Gasteiger partial charge on any atom is -0.497 e. The molecular formula is C14H18N2O2S. The smallest absolute Gasteiger partial charge is 0.183 e. The number of fused-ring (bicyclic) bond motifs is 1. The summed E-state index contributed by atoms with van der Waals surface area (Å²) in [6.45, 7) is 2.80. The molecular weight excluding hydrogens is 260 g/mol. The van der Waals surface area contributed by atoms with Crippen LogP contribution in [0, 0.1) is 5.92 Å². The second-order valence-electron chi connectivity index (χ2n) is 4.80. The Morgan fingerprint density at radius 3 is 3.26 bits per heavy atom. The molecule has 2 heterocycles. The summed E-state index contributed by atoms with van der Waals surface area (Å²) in [5.41, 5.74) is 1.03. The Kier molecular flexibility index (Phi) is 3.84. The molecule has 4 nitrogen and oxygen atoms in total. The molecule has 1 atom stereocenters. The highest BCUT2D eigenvalue weighted by atomic mass is 32.1. The van der Waals surface area contributed by atoms with E-state index in [-0.39, 0.29) is 0 Å². The van der Waals surface area contributed by atoms with E-state index in [1.54, 1.807) is 18.4 Å². The van der Waals surface area contributed by atoms with Gasteiger partial charge in [0, 0.05) is 19.8 Å². The van der Waals surface area contributed by atoms with E-state index >= 15 is 0 Å². The Morgan fingerprint density at radius 2 is 2.47 bits per heavy atom. The molecule has 1 fully saturated rings. The van der Waals surface area contributed by atoms with Crippen molar-refractivity contribution in [1.29, 1.82) is 0 Å². The molecule has 1 aromatic heterocycles. The second kappa shape index (κ2) is 5.75. The van der Waals surface area contributed by atoms with Crippen molar-refractivity contribution in [2.75, 3.05) is 32.2 Å². The van der Waals surface area contributed by atoms with Crippen molar-refractivity contribution in [3.63, 3.8) is 0 Å². The van der Waals surface area contributed by atoms with Gasteiger partial charge in [0.05, 0.1) is 17.3 Å². The standard InChI is InChI=1S/C14H18N2O2S/c1-17-11-2-3-12-13(8-11)19-14(16-12)15-6-4-10-5-7-18-9-10/h2-3,8,10H,4-7,9H2,1H3,(H,15,16). The fourth-order valence-electron chi connectivity index (χ4n) is 2.30. The van der Waals surface area contributed by atoms with Crippen LogP contribution in [-0.4, -0.2) is 31.9 Å². The first-order valence-electron chi connectivity index (χ1n) is 6.61. The average molecular weight is 278 g/mol. The van der Waals surface area contributed by atoms with E-state index in [4.69, 9.17) is 9.47 Å². The van der Waals surface area contributed by atoms with Gasteiger partial charge in [-0.3, -0.25) is 0 Å². The molecule has 1 unspecified atom stereocenters. The normalized spacial score (nSPS) is 18.9. The predicted molar refractivity (Wildman–Crippen MR) is 78.2 cm³/mol. The average Bonchev–Trinajstić information content (AvgIpc) is 3.06. The van der Waals surface area contributed by atoms with Gasteiger partial charge >= 0.3 is 0 Å². The first-order chi connectivity index (χ1) is 9.35. The quantitative estimate of drug-likeness (QED) is 0.912. The zero-order valence-corrected chi connectivity index (χ0v) is 11.8.